The second-order valence-electron chi connectivity index (χ2n) is 5.84. The second kappa shape index (κ2) is 8.01. The monoisotopic (exact) mass is 382 g/mol. The highest BCUT2D eigenvalue weighted by Crippen LogP contribution is 2.24. The van der Waals surface area contributed by atoms with Crippen LogP contribution in [-0.2, 0) is 4.74 Å². The highest BCUT2D eigenvalue weighted by molar-refractivity contribution is 7.16. The summed E-state index contributed by atoms with van der Waals surface area (Å²) >= 11 is 1.07. The highest BCUT2D eigenvalue weighted by atomic mass is 32.1. The molecule has 0 radical (unpaired) electrons. The molecule has 0 aliphatic carbocycles. The minimum absolute atomic E-state index is 0.320. The van der Waals surface area contributed by atoms with Gasteiger partial charge in [-0.2, -0.15) is 0 Å². The molecular formula is C20H18N2O4S. The van der Waals surface area contributed by atoms with E-state index in [0.717, 1.165) is 16.9 Å². The number of aromatic nitrogens is 1. The van der Waals surface area contributed by atoms with Gasteiger partial charge in [0, 0.05) is 6.07 Å². The molecule has 1 aromatic carbocycles. The molecule has 3 rings (SSSR count). The molecule has 0 unspecified atom stereocenters. The summed E-state index contributed by atoms with van der Waals surface area (Å²) in [5, 5.41) is 2.74. The molecule has 0 spiro atoms. The Morgan fingerprint density at radius 3 is 2.44 bits per heavy atom. The van der Waals surface area contributed by atoms with Crippen molar-refractivity contribution in [2.45, 2.75) is 13.8 Å². The van der Waals surface area contributed by atoms with E-state index in [4.69, 9.17) is 4.74 Å². The van der Waals surface area contributed by atoms with Gasteiger partial charge in [0.2, 0.25) is 5.88 Å². The third-order valence-electron chi connectivity index (χ3n) is 3.91. The number of carbonyl (C=O) groups excluding carboxylic acids is 2. The van der Waals surface area contributed by atoms with Crippen LogP contribution in [0.3, 0.4) is 0 Å². The Balaban J connectivity index is 1.64. The van der Waals surface area contributed by atoms with Crippen LogP contribution in [0.5, 0.6) is 11.6 Å². The van der Waals surface area contributed by atoms with Gasteiger partial charge >= 0.3 is 5.97 Å². The van der Waals surface area contributed by atoms with Crippen molar-refractivity contribution in [3.63, 3.8) is 0 Å². The van der Waals surface area contributed by atoms with Gasteiger partial charge in [-0.1, -0.05) is 6.07 Å². The van der Waals surface area contributed by atoms with Crippen molar-refractivity contribution < 1.29 is 19.1 Å². The van der Waals surface area contributed by atoms with Gasteiger partial charge in [0.05, 0.1) is 23.9 Å². The Hall–Kier alpha value is -3.19. The summed E-state index contributed by atoms with van der Waals surface area (Å²) < 4.78 is 10.4. The Morgan fingerprint density at radius 1 is 1.00 bits per heavy atom. The topological polar surface area (TPSA) is 77.5 Å². The molecular weight excluding hydrogens is 364 g/mol. The van der Waals surface area contributed by atoms with E-state index in [1.54, 1.807) is 24.3 Å². The molecule has 2 heterocycles. The number of nitrogens with zero attached hydrogens (tertiary/aromatic N) is 1. The average Bonchev–Trinajstić information content (AvgIpc) is 3.16. The molecule has 1 amide bonds. The minimum atomic E-state index is -0.464. The van der Waals surface area contributed by atoms with E-state index < -0.39 is 5.97 Å². The van der Waals surface area contributed by atoms with Crippen molar-refractivity contribution in [1.82, 2.24) is 4.98 Å². The molecule has 138 valence electrons. The smallest absolute Gasteiger partial charge is 0.348 e. The lowest BCUT2D eigenvalue weighted by molar-refractivity contribution is 0.0606. The molecule has 27 heavy (non-hydrogen) atoms. The Labute approximate surface area is 160 Å². The molecule has 3 aromatic rings. The lowest BCUT2D eigenvalue weighted by Gasteiger charge is -2.08. The van der Waals surface area contributed by atoms with Crippen LogP contribution in [0, 0.1) is 13.8 Å². The number of carbonyl (C=O) groups is 2. The summed E-state index contributed by atoms with van der Waals surface area (Å²) in [5.74, 6) is 0.352. The molecule has 1 N–H and O–H groups in total. The van der Waals surface area contributed by atoms with E-state index in [1.807, 2.05) is 32.0 Å². The van der Waals surface area contributed by atoms with Crippen molar-refractivity contribution in [1.29, 1.82) is 0 Å². The van der Waals surface area contributed by atoms with Crippen molar-refractivity contribution >= 4 is 28.9 Å². The number of amides is 1. The van der Waals surface area contributed by atoms with Gasteiger partial charge in [0.1, 0.15) is 10.6 Å². The zero-order chi connectivity index (χ0) is 19.4. The van der Waals surface area contributed by atoms with E-state index >= 15 is 0 Å². The third kappa shape index (κ3) is 4.51. The normalized spacial score (nSPS) is 10.3. The maximum absolute atomic E-state index is 12.3. The van der Waals surface area contributed by atoms with Crippen LogP contribution in [0.15, 0.2) is 48.7 Å². The summed E-state index contributed by atoms with van der Waals surface area (Å²) in [4.78, 5) is 28.7. The molecule has 2 aromatic heterocycles. The molecule has 0 atom stereocenters. The van der Waals surface area contributed by atoms with Crippen LogP contribution in [0.2, 0.25) is 0 Å². The lowest BCUT2D eigenvalue weighted by atomic mass is 10.1. The van der Waals surface area contributed by atoms with Gasteiger partial charge < -0.3 is 14.8 Å². The predicted molar refractivity (Wildman–Crippen MR) is 104 cm³/mol. The van der Waals surface area contributed by atoms with Crippen LogP contribution >= 0.6 is 11.3 Å². The quantitative estimate of drug-likeness (QED) is 0.653. The number of hydrogen-bond donors (Lipinski definition) is 1. The molecule has 6 nitrogen and oxygen atoms in total. The SMILES string of the molecule is COC(=O)c1ccc(C(=O)Nc2ccc(Oc3ccc(C)c(C)c3)nc2)s1. The number of ether oxygens (including phenoxy) is 2. The van der Waals surface area contributed by atoms with Crippen LogP contribution in [0.25, 0.3) is 0 Å². The van der Waals surface area contributed by atoms with Gasteiger partial charge in [0.25, 0.3) is 5.91 Å². The van der Waals surface area contributed by atoms with Gasteiger partial charge in [-0.25, -0.2) is 9.78 Å². The summed E-state index contributed by atoms with van der Waals surface area (Å²) in [6, 6.07) is 12.3. The molecule has 0 saturated heterocycles. The van der Waals surface area contributed by atoms with E-state index in [1.165, 1.54) is 18.9 Å². The van der Waals surface area contributed by atoms with Crippen LogP contribution < -0.4 is 10.1 Å². The number of pyridine rings is 1. The largest absolute Gasteiger partial charge is 0.465 e. The highest BCUT2D eigenvalue weighted by Gasteiger charge is 2.14. The first-order valence-electron chi connectivity index (χ1n) is 8.17. The van der Waals surface area contributed by atoms with Gasteiger partial charge in [-0.3, -0.25) is 4.79 Å². The van der Waals surface area contributed by atoms with Gasteiger partial charge in [-0.05, 0) is 55.3 Å². The number of methoxy groups -OCH3 is 1. The zero-order valence-corrected chi connectivity index (χ0v) is 15.9. The number of esters is 1. The van der Waals surface area contributed by atoms with Crippen molar-refractivity contribution in [3.05, 3.63) is 69.5 Å². The zero-order valence-electron chi connectivity index (χ0n) is 15.1. The second-order valence-corrected chi connectivity index (χ2v) is 6.93. The van der Waals surface area contributed by atoms with Crippen LogP contribution in [-0.4, -0.2) is 24.0 Å². The Morgan fingerprint density at radius 2 is 1.78 bits per heavy atom. The number of benzene rings is 1. The maximum atomic E-state index is 12.3. The fourth-order valence-corrected chi connectivity index (χ4v) is 3.10. The minimum Gasteiger partial charge on any atom is -0.465 e. The van der Waals surface area contributed by atoms with E-state index in [2.05, 4.69) is 15.0 Å². The molecule has 0 fully saturated rings. The van der Waals surface area contributed by atoms with Crippen molar-refractivity contribution in [2.24, 2.45) is 0 Å². The fourth-order valence-electron chi connectivity index (χ4n) is 2.28. The first-order valence-corrected chi connectivity index (χ1v) is 8.98. The predicted octanol–water partition coefficient (Wildman–Crippen LogP) is 4.59. The van der Waals surface area contributed by atoms with Crippen molar-refractivity contribution in [2.75, 3.05) is 12.4 Å². The lowest BCUT2D eigenvalue weighted by Crippen LogP contribution is -2.10. The molecule has 7 heteroatoms. The number of anilines is 1. The molecule has 0 bridgehead atoms. The number of thiophene rings is 1. The van der Waals surface area contributed by atoms with E-state index in [9.17, 15) is 9.59 Å². The summed E-state index contributed by atoms with van der Waals surface area (Å²) in [7, 11) is 1.30. The maximum Gasteiger partial charge on any atom is 0.348 e. The van der Waals surface area contributed by atoms with Crippen LogP contribution in [0.4, 0.5) is 5.69 Å². The average molecular weight is 382 g/mol. The van der Waals surface area contributed by atoms with Gasteiger partial charge in [-0.15, -0.1) is 11.3 Å². The van der Waals surface area contributed by atoms with E-state index in [-0.39, 0.29) is 5.91 Å². The first kappa shape index (κ1) is 18.6. The third-order valence-corrected chi connectivity index (χ3v) is 4.98. The molecule has 0 saturated carbocycles. The van der Waals surface area contributed by atoms with Gasteiger partial charge in [0.15, 0.2) is 0 Å². The summed E-state index contributed by atoms with van der Waals surface area (Å²) in [6.45, 7) is 4.06. The Bertz CT molecular complexity index is 980. The van der Waals surface area contributed by atoms with E-state index in [0.29, 0.717) is 27.1 Å². The number of hydrogen-bond acceptors (Lipinski definition) is 6. The standard InChI is InChI=1S/C20H18N2O4S/c1-12-4-6-15(10-13(12)2)26-18-9-5-14(11-21-18)22-19(23)16-7-8-17(27-16)20(24)25-3/h4-11H,1-3H3,(H,22,23). The first-order chi connectivity index (χ1) is 13.0. The molecule has 0 aliphatic heterocycles. The van der Waals surface area contributed by atoms with Crippen LogP contribution in [0.1, 0.15) is 30.5 Å². The summed E-state index contributed by atoms with van der Waals surface area (Å²) in [6.07, 6.45) is 1.52. The fraction of sp³-hybridized carbons (Fsp3) is 0.150. The number of rotatable bonds is 5. The Kier molecular flexibility index (Phi) is 5.52. The number of aryl methyl sites for hydroxylation is 2. The van der Waals surface area contributed by atoms with Crippen molar-refractivity contribution in [3.8, 4) is 11.6 Å². The summed E-state index contributed by atoms with van der Waals surface area (Å²) in [5.41, 5.74) is 2.86. The number of nitrogens with one attached hydrogen (secondary N) is 1. The molecule has 0 aliphatic rings.